The molecule has 0 spiro atoms. The van der Waals surface area contributed by atoms with Gasteiger partial charge in [0.1, 0.15) is 22.0 Å². The van der Waals surface area contributed by atoms with Gasteiger partial charge in [-0.3, -0.25) is 9.20 Å². The van der Waals surface area contributed by atoms with Crippen molar-refractivity contribution in [1.82, 2.24) is 9.38 Å². The first-order valence-corrected chi connectivity index (χ1v) is 9.27. The second-order valence-electron chi connectivity index (χ2n) is 6.29. The number of carboxylic acids is 1. The van der Waals surface area contributed by atoms with E-state index in [9.17, 15) is 19.1 Å². The van der Waals surface area contributed by atoms with E-state index in [4.69, 9.17) is 5.11 Å². The molecule has 0 atom stereocenters. The number of carboxylic acid groups (broad SMARTS) is 1. The van der Waals surface area contributed by atoms with Crippen molar-refractivity contribution < 1.29 is 24.2 Å². The van der Waals surface area contributed by atoms with Crippen molar-refractivity contribution in [1.29, 1.82) is 0 Å². The number of phenols is 1. The molecule has 0 aliphatic heterocycles. The summed E-state index contributed by atoms with van der Waals surface area (Å²) < 4.78 is 14.9. The van der Waals surface area contributed by atoms with Gasteiger partial charge in [-0.2, -0.15) is 0 Å². The highest BCUT2D eigenvalue weighted by Gasteiger charge is 2.19. The molecule has 0 unspecified atom stereocenters. The van der Waals surface area contributed by atoms with Crippen LogP contribution in [0.15, 0.2) is 48.7 Å². The Kier molecular flexibility index (Phi) is 4.51. The third-order valence-electron chi connectivity index (χ3n) is 4.39. The molecule has 0 saturated carbocycles. The Labute approximate surface area is 167 Å². The Morgan fingerprint density at radius 1 is 1.17 bits per heavy atom. The van der Waals surface area contributed by atoms with Gasteiger partial charge in [-0.15, -0.1) is 0 Å². The van der Waals surface area contributed by atoms with Crippen LogP contribution >= 0.6 is 11.3 Å². The number of carbonyl (C=O) groups excluding carboxylic acids is 1. The number of aromatic nitrogens is 2. The van der Waals surface area contributed by atoms with Crippen molar-refractivity contribution >= 4 is 33.9 Å². The number of fused-ring (bicyclic) bond motifs is 1. The normalized spacial score (nSPS) is 11.0. The molecule has 0 saturated heterocycles. The van der Waals surface area contributed by atoms with Gasteiger partial charge in [0.2, 0.25) is 0 Å². The van der Waals surface area contributed by atoms with Gasteiger partial charge >= 0.3 is 5.97 Å². The van der Waals surface area contributed by atoms with Crippen molar-refractivity contribution in [3.8, 4) is 17.0 Å². The zero-order valence-corrected chi connectivity index (χ0v) is 15.8. The maximum Gasteiger partial charge on any atom is 0.339 e. The van der Waals surface area contributed by atoms with E-state index < -0.39 is 11.9 Å². The molecular weight excluding hydrogens is 397 g/mol. The highest BCUT2D eigenvalue weighted by atomic mass is 32.1. The second kappa shape index (κ2) is 7.02. The quantitative estimate of drug-likeness (QED) is 0.437. The van der Waals surface area contributed by atoms with Crippen LogP contribution in [0.2, 0.25) is 0 Å². The fraction of sp³-hybridized carbons (Fsp3) is 0.0500. The van der Waals surface area contributed by atoms with E-state index in [1.54, 1.807) is 29.7 Å². The van der Waals surface area contributed by atoms with E-state index in [1.807, 2.05) is 0 Å². The van der Waals surface area contributed by atoms with Crippen LogP contribution in [0.5, 0.6) is 5.75 Å². The minimum Gasteiger partial charge on any atom is -0.507 e. The number of nitrogens with zero attached hydrogens (tertiary/aromatic N) is 2. The molecule has 146 valence electrons. The molecule has 3 N–H and O–H groups in total. The predicted octanol–water partition coefficient (Wildman–Crippen LogP) is 4.17. The summed E-state index contributed by atoms with van der Waals surface area (Å²) in [5.74, 6) is -2.42. The van der Waals surface area contributed by atoms with Gasteiger partial charge in [-0.05, 0) is 49.4 Å². The van der Waals surface area contributed by atoms with Crippen LogP contribution in [0.25, 0.3) is 16.2 Å². The summed E-state index contributed by atoms with van der Waals surface area (Å²) in [5.41, 5.74) is 2.04. The minimum atomic E-state index is -1.29. The molecule has 0 fully saturated rings. The lowest BCUT2D eigenvalue weighted by atomic mass is 10.1. The Balaban J connectivity index is 1.62. The van der Waals surface area contributed by atoms with E-state index in [2.05, 4.69) is 10.3 Å². The molecule has 7 nitrogen and oxygen atoms in total. The van der Waals surface area contributed by atoms with Crippen LogP contribution in [-0.2, 0) is 0 Å². The summed E-state index contributed by atoms with van der Waals surface area (Å²) in [6.07, 6.45) is 1.77. The maximum absolute atomic E-state index is 13.1. The number of aromatic carboxylic acids is 1. The van der Waals surface area contributed by atoms with Gasteiger partial charge in [-0.1, -0.05) is 11.3 Å². The van der Waals surface area contributed by atoms with Crippen molar-refractivity contribution in [2.45, 2.75) is 6.92 Å². The Morgan fingerprint density at radius 3 is 2.55 bits per heavy atom. The van der Waals surface area contributed by atoms with E-state index in [0.29, 0.717) is 21.2 Å². The lowest BCUT2D eigenvalue weighted by Gasteiger charge is -2.06. The number of hydrogen-bond acceptors (Lipinski definition) is 5. The number of amides is 1. The highest BCUT2D eigenvalue weighted by molar-refractivity contribution is 7.19. The van der Waals surface area contributed by atoms with Gasteiger partial charge in [0, 0.05) is 23.1 Å². The fourth-order valence-corrected chi connectivity index (χ4v) is 3.90. The van der Waals surface area contributed by atoms with Gasteiger partial charge < -0.3 is 15.5 Å². The molecule has 4 aromatic rings. The van der Waals surface area contributed by atoms with Crippen LogP contribution in [-0.4, -0.2) is 31.5 Å². The number of aromatic hydroxyl groups is 1. The summed E-state index contributed by atoms with van der Waals surface area (Å²) in [5, 5.41) is 21.3. The summed E-state index contributed by atoms with van der Waals surface area (Å²) in [6.45, 7) is 1.77. The average Bonchev–Trinajstić information content (AvgIpc) is 3.23. The first kappa shape index (κ1) is 18.6. The zero-order valence-electron chi connectivity index (χ0n) is 15.0. The van der Waals surface area contributed by atoms with Crippen LogP contribution in [0.4, 0.5) is 10.1 Å². The average molecular weight is 411 g/mol. The second-order valence-corrected chi connectivity index (χ2v) is 7.27. The lowest BCUT2D eigenvalue weighted by Crippen LogP contribution is -2.12. The van der Waals surface area contributed by atoms with Crippen molar-refractivity contribution in [2.24, 2.45) is 0 Å². The molecule has 0 aliphatic carbocycles. The molecule has 4 rings (SSSR count). The van der Waals surface area contributed by atoms with Crippen molar-refractivity contribution in [2.75, 3.05) is 5.32 Å². The first-order chi connectivity index (χ1) is 13.8. The van der Waals surface area contributed by atoms with E-state index in [0.717, 1.165) is 5.56 Å². The number of hydrogen-bond donors (Lipinski definition) is 3. The predicted molar refractivity (Wildman–Crippen MR) is 106 cm³/mol. The van der Waals surface area contributed by atoms with Crippen LogP contribution < -0.4 is 5.32 Å². The van der Waals surface area contributed by atoms with Crippen molar-refractivity contribution in [3.05, 3.63) is 70.6 Å². The highest BCUT2D eigenvalue weighted by Crippen LogP contribution is 2.28. The molecular formula is C20H14FN3O4S. The Bertz CT molecular complexity index is 1260. The largest absolute Gasteiger partial charge is 0.507 e. The summed E-state index contributed by atoms with van der Waals surface area (Å²) >= 11 is 1.18. The summed E-state index contributed by atoms with van der Waals surface area (Å²) in [7, 11) is 0. The number of halogens is 1. The molecule has 29 heavy (non-hydrogen) atoms. The third-order valence-corrected chi connectivity index (χ3v) is 5.54. The monoisotopic (exact) mass is 411 g/mol. The summed E-state index contributed by atoms with van der Waals surface area (Å²) in [6, 6.07) is 9.80. The molecule has 0 aliphatic rings. The van der Waals surface area contributed by atoms with Gasteiger partial charge in [0.15, 0.2) is 4.96 Å². The number of anilines is 1. The number of carbonyl (C=O) groups is 2. The van der Waals surface area contributed by atoms with Gasteiger partial charge in [-0.25, -0.2) is 14.2 Å². The number of rotatable bonds is 4. The van der Waals surface area contributed by atoms with Crippen LogP contribution in [0.1, 0.15) is 25.7 Å². The molecule has 2 aromatic carbocycles. The number of nitrogens with one attached hydrogen (secondary N) is 1. The molecule has 2 heterocycles. The van der Waals surface area contributed by atoms with Gasteiger partial charge in [0.05, 0.1) is 5.69 Å². The number of imidazole rings is 1. The minimum absolute atomic E-state index is 0.252. The molecule has 9 heteroatoms. The summed E-state index contributed by atoms with van der Waals surface area (Å²) in [4.78, 5) is 29.3. The molecule has 1 amide bonds. The standard InChI is InChI=1S/C20H14FN3O4S/c1-10-17(18(26)22-13-6-7-16(25)14(8-13)19(27)28)29-20-23-15(9-24(10)20)11-2-4-12(21)5-3-11/h2-9,25H,1H3,(H,22,26)(H,27,28). The lowest BCUT2D eigenvalue weighted by molar-refractivity contribution is 0.0693. The van der Waals surface area contributed by atoms with E-state index in [1.165, 1.54) is 41.7 Å². The SMILES string of the molecule is Cc1c(C(=O)Nc2ccc(O)c(C(=O)O)c2)sc2nc(-c3ccc(F)cc3)cn12. The number of benzene rings is 2. The van der Waals surface area contributed by atoms with Crippen LogP contribution in [0, 0.1) is 12.7 Å². The molecule has 0 radical (unpaired) electrons. The Morgan fingerprint density at radius 2 is 1.90 bits per heavy atom. The zero-order chi connectivity index (χ0) is 20.7. The molecule has 2 aromatic heterocycles. The first-order valence-electron chi connectivity index (χ1n) is 8.45. The molecule has 0 bridgehead atoms. The third kappa shape index (κ3) is 3.43. The number of aryl methyl sites for hydroxylation is 1. The van der Waals surface area contributed by atoms with E-state index in [-0.39, 0.29) is 22.8 Å². The maximum atomic E-state index is 13.1. The van der Waals surface area contributed by atoms with Gasteiger partial charge in [0.25, 0.3) is 5.91 Å². The van der Waals surface area contributed by atoms with Crippen molar-refractivity contribution in [3.63, 3.8) is 0 Å². The van der Waals surface area contributed by atoms with Crippen LogP contribution in [0.3, 0.4) is 0 Å². The fourth-order valence-electron chi connectivity index (χ4n) is 2.89. The smallest absolute Gasteiger partial charge is 0.339 e. The van der Waals surface area contributed by atoms with E-state index >= 15 is 0 Å². The topological polar surface area (TPSA) is 104 Å². The number of thiazole rings is 1. The Hall–Kier alpha value is -3.72.